The van der Waals surface area contributed by atoms with E-state index in [4.69, 9.17) is 46.4 Å². The van der Waals surface area contributed by atoms with Crippen molar-refractivity contribution in [2.24, 2.45) is 0 Å². The standard InChI is InChI=1S/C8H7Cl4N/c9-7(10)13(8(11)12)6-4-2-1-3-5-6/h1-5,7-8H. The number of anilines is 1. The Labute approximate surface area is 97.1 Å². The third-order valence-electron chi connectivity index (χ3n) is 1.47. The second kappa shape index (κ2) is 5.16. The molecular formula is C8H7Cl4N. The molecule has 0 N–H and O–H groups in total. The van der Waals surface area contributed by atoms with Gasteiger partial charge in [0.1, 0.15) is 0 Å². The number of para-hydroxylation sites is 1. The van der Waals surface area contributed by atoms with Gasteiger partial charge < -0.3 is 4.90 Å². The Morgan fingerprint density at radius 1 is 0.846 bits per heavy atom. The van der Waals surface area contributed by atoms with Crippen LogP contribution in [0.1, 0.15) is 0 Å². The predicted octanol–water partition coefficient (Wildman–Crippen LogP) is 4.02. The molecule has 1 nitrogen and oxygen atoms in total. The first kappa shape index (κ1) is 11.3. The van der Waals surface area contributed by atoms with Crippen LogP contribution in [-0.4, -0.2) is 9.92 Å². The van der Waals surface area contributed by atoms with Gasteiger partial charge in [-0.1, -0.05) is 64.6 Å². The van der Waals surface area contributed by atoms with Crippen LogP contribution in [0.5, 0.6) is 0 Å². The fraction of sp³-hybridized carbons (Fsp3) is 0.250. The molecule has 5 heteroatoms. The minimum atomic E-state index is -0.762. The predicted molar refractivity (Wildman–Crippen MR) is 59.9 cm³/mol. The Kier molecular flexibility index (Phi) is 4.47. The lowest BCUT2D eigenvalue weighted by Gasteiger charge is -2.26. The first-order chi connectivity index (χ1) is 6.13. The third-order valence-corrected chi connectivity index (χ3v) is 2.32. The number of alkyl halides is 4. The van der Waals surface area contributed by atoms with E-state index >= 15 is 0 Å². The lowest BCUT2D eigenvalue weighted by atomic mass is 10.3. The highest BCUT2D eigenvalue weighted by Gasteiger charge is 2.19. The van der Waals surface area contributed by atoms with Crippen LogP contribution in [0.2, 0.25) is 0 Å². The van der Waals surface area contributed by atoms with Crippen molar-refractivity contribution in [3.63, 3.8) is 0 Å². The molecule has 0 amide bonds. The van der Waals surface area contributed by atoms with E-state index in [0.29, 0.717) is 0 Å². The maximum atomic E-state index is 5.70. The van der Waals surface area contributed by atoms with Gasteiger partial charge in [-0.05, 0) is 12.1 Å². The Morgan fingerprint density at radius 3 is 1.69 bits per heavy atom. The average molecular weight is 259 g/mol. The quantitative estimate of drug-likeness (QED) is 0.585. The van der Waals surface area contributed by atoms with Gasteiger partial charge in [0.25, 0.3) is 0 Å². The van der Waals surface area contributed by atoms with Gasteiger partial charge in [-0.3, -0.25) is 0 Å². The van der Waals surface area contributed by atoms with Crippen LogP contribution in [0.3, 0.4) is 0 Å². The van der Waals surface area contributed by atoms with E-state index in [9.17, 15) is 0 Å². The summed E-state index contributed by atoms with van der Waals surface area (Å²) in [7, 11) is 0. The molecular weight excluding hydrogens is 252 g/mol. The third kappa shape index (κ3) is 3.10. The maximum Gasteiger partial charge on any atom is 0.181 e. The summed E-state index contributed by atoms with van der Waals surface area (Å²) < 4.78 is 0. The zero-order chi connectivity index (χ0) is 9.84. The number of rotatable bonds is 3. The summed E-state index contributed by atoms with van der Waals surface area (Å²) in [4.78, 5) is -0.0449. The van der Waals surface area contributed by atoms with E-state index in [0.717, 1.165) is 5.69 Å². The van der Waals surface area contributed by atoms with E-state index in [-0.39, 0.29) is 0 Å². The Bertz CT molecular complexity index is 242. The first-order valence-electron chi connectivity index (χ1n) is 3.52. The molecule has 1 rings (SSSR count). The highest BCUT2D eigenvalue weighted by molar-refractivity contribution is 6.50. The lowest BCUT2D eigenvalue weighted by Crippen LogP contribution is -2.31. The molecule has 0 aliphatic rings. The Morgan fingerprint density at radius 2 is 1.31 bits per heavy atom. The van der Waals surface area contributed by atoms with Crippen molar-refractivity contribution < 1.29 is 0 Å². The van der Waals surface area contributed by atoms with E-state index in [1.807, 2.05) is 30.3 Å². The normalized spacial score (nSPS) is 10.9. The molecule has 0 atom stereocenters. The number of hydrogen-bond acceptors (Lipinski definition) is 1. The summed E-state index contributed by atoms with van der Waals surface area (Å²) in [5.74, 6) is 0. The van der Waals surface area contributed by atoms with E-state index in [2.05, 4.69) is 0 Å². The summed E-state index contributed by atoms with van der Waals surface area (Å²) in [6.45, 7) is 0. The number of benzene rings is 1. The first-order valence-corrected chi connectivity index (χ1v) is 5.27. The molecule has 0 fully saturated rings. The summed E-state index contributed by atoms with van der Waals surface area (Å²) in [5.41, 5.74) is 0.785. The molecule has 1 aromatic carbocycles. The minimum absolute atomic E-state index is 0.762. The maximum absolute atomic E-state index is 5.70. The molecule has 0 aromatic heterocycles. The molecule has 13 heavy (non-hydrogen) atoms. The number of hydrogen-bond donors (Lipinski definition) is 0. The van der Waals surface area contributed by atoms with Crippen molar-refractivity contribution in [1.82, 2.24) is 0 Å². The van der Waals surface area contributed by atoms with Gasteiger partial charge >= 0.3 is 0 Å². The molecule has 72 valence electrons. The average Bonchev–Trinajstić information content (AvgIpc) is 2.04. The molecule has 0 spiro atoms. The van der Waals surface area contributed by atoms with E-state index in [1.54, 1.807) is 0 Å². The highest BCUT2D eigenvalue weighted by atomic mass is 35.5. The molecule has 0 radical (unpaired) electrons. The second-order valence-electron chi connectivity index (χ2n) is 2.30. The van der Waals surface area contributed by atoms with E-state index < -0.39 is 9.92 Å². The second-order valence-corrected chi connectivity index (χ2v) is 4.40. The number of nitrogens with zero attached hydrogens (tertiary/aromatic N) is 1. The van der Waals surface area contributed by atoms with Crippen LogP contribution in [0.4, 0.5) is 5.69 Å². The van der Waals surface area contributed by atoms with Crippen molar-refractivity contribution in [2.75, 3.05) is 4.90 Å². The molecule has 0 heterocycles. The van der Waals surface area contributed by atoms with Gasteiger partial charge in [0, 0.05) is 5.69 Å². The van der Waals surface area contributed by atoms with Crippen LogP contribution in [0.25, 0.3) is 0 Å². The largest absolute Gasteiger partial charge is 0.313 e. The summed E-state index contributed by atoms with van der Waals surface area (Å²) >= 11 is 22.8. The van der Waals surface area contributed by atoms with Crippen LogP contribution in [-0.2, 0) is 0 Å². The highest BCUT2D eigenvalue weighted by Crippen LogP contribution is 2.26. The topological polar surface area (TPSA) is 3.24 Å². The summed E-state index contributed by atoms with van der Waals surface area (Å²) in [5, 5.41) is 0. The van der Waals surface area contributed by atoms with Gasteiger partial charge in [-0.15, -0.1) is 0 Å². The lowest BCUT2D eigenvalue weighted by molar-refractivity contribution is 0.954. The van der Waals surface area contributed by atoms with Crippen molar-refractivity contribution in [1.29, 1.82) is 0 Å². The molecule has 0 aliphatic heterocycles. The van der Waals surface area contributed by atoms with Crippen molar-refractivity contribution in [3.8, 4) is 0 Å². The fourth-order valence-electron chi connectivity index (χ4n) is 0.911. The molecule has 0 bridgehead atoms. The van der Waals surface area contributed by atoms with Gasteiger partial charge in [-0.25, -0.2) is 0 Å². The van der Waals surface area contributed by atoms with Gasteiger partial charge in [0.15, 0.2) is 9.92 Å². The van der Waals surface area contributed by atoms with Crippen molar-refractivity contribution in [3.05, 3.63) is 30.3 Å². The smallest absolute Gasteiger partial charge is 0.181 e. The molecule has 0 aliphatic carbocycles. The fourth-order valence-corrected chi connectivity index (χ4v) is 2.04. The van der Waals surface area contributed by atoms with Crippen molar-refractivity contribution >= 4 is 52.1 Å². The van der Waals surface area contributed by atoms with Crippen LogP contribution in [0, 0.1) is 0 Å². The molecule has 0 saturated carbocycles. The van der Waals surface area contributed by atoms with Crippen LogP contribution >= 0.6 is 46.4 Å². The van der Waals surface area contributed by atoms with Gasteiger partial charge in [-0.2, -0.15) is 0 Å². The van der Waals surface area contributed by atoms with Gasteiger partial charge in [0.05, 0.1) is 0 Å². The zero-order valence-electron chi connectivity index (χ0n) is 6.50. The Balaban J connectivity index is 2.89. The van der Waals surface area contributed by atoms with Crippen LogP contribution in [0.15, 0.2) is 30.3 Å². The monoisotopic (exact) mass is 257 g/mol. The SMILES string of the molecule is ClC(Cl)N(c1ccccc1)C(Cl)Cl. The molecule has 0 saturated heterocycles. The summed E-state index contributed by atoms with van der Waals surface area (Å²) in [6.07, 6.45) is 0. The zero-order valence-corrected chi connectivity index (χ0v) is 9.52. The molecule has 0 unspecified atom stereocenters. The summed E-state index contributed by atoms with van der Waals surface area (Å²) in [6, 6.07) is 9.25. The molecule has 1 aromatic rings. The number of halogens is 4. The minimum Gasteiger partial charge on any atom is -0.313 e. The van der Waals surface area contributed by atoms with Crippen LogP contribution < -0.4 is 4.90 Å². The van der Waals surface area contributed by atoms with Gasteiger partial charge in [0.2, 0.25) is 0 Å². The van der Waals surface area contributed by atoms with E-state index in [1.165, 1.54) is 4.90 Å². The Hall–Kier alpha value is 0.180. The van der Waals surface area contributed by atoms with Crippen molar-refractivity contribution in [2.45, 2.75) is 9.92 Å².